The van der Waals surface area contributed by atoms with Gasteiger partial charge in [0.25, 0.3) is 0 Å². The third kappa shape index (κ3) is 2.60. The van der Waals surface area contributed by atoms with Crippen LogP contribution in [-0.2, 0) is 0 Å². The van der Waals surface area contributed by atoms with Crippen LogP contribution in [0.5, 0.6) is 5.75 Å². The Morgan fingerprint density at radius 2 is 2.15 bits per heavy atom. The molecule has 0 aliphatic rings. The molecule has 0 unspecified atom stereocenters. The number of para-hydroxylation sites is 1. The second-order valence-electron chi connectivity index (χ2n) is 2.97. The highest BCUT2D eigenvalue weighted by molar-refractivity contribution is 5.68. The Bertz CT molecular complexity index is 294. The van der Waals surface area contributed by atoms with Gasteiger partial charge in [0.2, 0.25) is 0 Å². The van der Waals surface area contributed by atoms with Gasteiger partial charge < -0.3 is 10.4 Å². The van der Waals surface area contributed by atoms with Crippen LogP contribution in [-0.4, -0.2) is 18.7 Å². The molecule has 0 spiro atoms. The van der Waals surface area contributed by atoms with Gasteiger partial charge in [-0.15, -0.1) is 0 Å². The van der Waals surface area contributed by atoms with E-state index < -0.39 is 0 Å². The van der Waals surface area contributed by atoms with E-state index in [1.165, 1.54) is 0 Å². The van der Waals surface area contributed by atoms with E-state index in [0.717, 1.165) is 24.1 Å². The fourth-order valence-electron chi connectivity index (χ4n) is 1.18. The van der Waals surface area contributed by atoms with Gasteiger partial charge in [0, 0.05) is 5.56 Å². The molecule has 0 saturated heterocycles. The van der Waals surface area contributed by atoms with Crippen molar-refractivity contribution < 1.29 is 5.11 Å². The second-order valence-corrected chi connectivity index (χ2v) is 2.97. The maximum Gasteiger partial charge on any atom is 0.123 e. The quantitative estimate of drug-likeness (QED) is 0.737. The van der Waals surface area contributed by atoms with Gasteiger partial charge in [0.15, 0.2) is 0 Å². The molecule has 0 fully saturated rings. The predicted molar refractivity (Wildman–Crippen MR) is 55.7 cm³/mol. The van der Waals surface area contributed by atoms with Gasteiger partial charge >= 0.3 is 0 Å². The van der Waals surface area contributed by atoms with Crippen LogP contribution in [0.15, 0.2) is 30.8 Å². The minimum Gasteiger partial charge on any atom is -0.507 e. The number of phenols is 1. The molecule has 0 radical (unpaired) electrons. The Morgan fingerprint density at radius 3 is 2.77 bits per heavy atom. The third-order valence-electron chi connectivity index (χ3n) is 1.96. The number of rotatable bonds is 4. The Kier molecular flexibility index (Phi) is 3.53. The summed E-state index contributed by atoms with van der Waals surface area (Å²) >= 11 is 0. The maximum absolute atomic E-state index is 9.50. The van der Waals surface area contributed by atoms with E-state index in [1.807, 2.05) is 25.2 Å². The van der Waals surface area contributed by atoms with Crippen molar-refractivity contribution in [2.24, 2.45) is 0 Å². The van der Waals surface area contributed by atoms with Crippen molar-refractivity contribution in [3.05, 3.63) is 36.4 Å². The van der Waals surface area contributed by atoms with Crippen LogP contribution in [0, 0.1) is 0 Å². The molecular weight excluding hydrogens is 162 g/mol. The van der Waals surface area contributed by atoms with E-state index >= 15 is 0 Å². The minimum atomic E-state index is 0.309. The molecule has 0 aliphatic carbocycles. The Hall–Kier alpha value is -1.28. The van der Waals surface area contributed by atoms with Crippen molar-refractivity contribution in [3.8, 4) is 5.75 Å². The summed E-state index contributed by atoms with van der Waals surface area (Å²) in [5, 5.41) is 12.5. The fourth-order valence-corrected chi connectivity index (χ4v) is 1.18. The van der Waals surface area contributed by atoms with Gasteiger partial charge in [-0.3, -0.25) is 0 Å². The van der Waals surface area contributed by atoms with Crippen LogP contribution in [0.4, 0.5) is 0 Å². The van der Waals surface area contributed by atoms with Crippen LogP contribution >= 0.6 is 0 Å². The molecule has 2 nitrogen and oxygen atoms in total. The van der Waals surface area contributed by atoms with E-state index in [9.17, 15) is 5.11 Å². The zero-order valence-electron chi connectivity index (χ0n) is 7.88. The SMILES string of the molecule is C=C(CCNC)c1ccccc1O. The number of benzene rings is 1. The molecule has 2 heteroatoms. The second kappa shape index (κ2) is 4.67. The molecule has 0 aliphatic heterocycles. The highest BCUT2D eigenvalue weighted by Crippen LogP contribution is 2.24. The maximum atomic E-state index is 9.50. The predicted octanol–water partition coefficient (Wildman–Crippen LogP) is 2.01. The molecule has 2 N–H and O–H groups in total. The number of nitrogens with one attached hydrogen (secondary N) is 1. The van der Waals surface area contributed by atoms with Crippen LogP contribution in [0.2, 0.25) is 0 Å². The Balaban J connectivity index is 2.71. The third-order valence-corrected chi connectivity index (χ3v) is 1.96. The topological polar surface area (TPSA) is 32.3 Å². The lowest BCUT2D eigenvalue weighted by molar-refractivity contribution is 0.473. The van der Waals surface area contributed by atoms with E-state index in [1.54, 1.807) is 6.07 Å². The zero-order chi connectivity index (χ0) is 9.68. The van der Waals surface area contributed by atoms with Gasteiger partial charge in [0.05, 0.1) is 0 Å². The van der Waals surface area contributed by atoms with Crippen molar-refractivity contribution in [2.75, 3.05) is 13.6 Å². The molecule has 1 aromatic rings. The van der Waals surface area contributed by atoms with E-state index in [2.05, 4.69) is 11.9 Å². The summed E-state index contributed by atoms with van der Waals surface area (Å²) in [5.41, 5.74) is 1.81. The summed E-state index contributed by atoms with van der Waals surface area (Å²) < 4.78 is 0. The first-order valence-corrected chi connectivity index (χ1v) is 4.36. The molecule has 1 rings (SSSR count). The summed E-state index contributed by atoms with van der Waals surface area (Å²) in [6.07, 6.45) is 0.855. The summed E-state index contributed by atoms with van der Waals surface area (Å²) in [4.78, 5) is 0. The molecule has 0 bridgehead atoms. The number of aromatic hydroxyl groups is 1. The van der Waals surface area contributed by atoms with E-state index in [-0.39, 0.29) is 0 Å². The lowest BCUT2D eigenvalue weighted by atomic mass is 10.0. The fraction of sp³-hybridized carbons (Fsp3) is 0.273. The first-order chi connectivity index (χ1) is 6.25. The first kappa shape index (κ1) is 9.81. The van der Waals surface area contributed by atoms with Gasteiger partial charge in [-0.05, 0) is 31.7 Å². The lowest BCUT2D eigenvalue weighted by Gasteiger charge is -2.06. The molecule has 0 aromatic heterocycles. The van der Waals surface area contributed by atoms with Crippen LogP contribution < -0.4 is 5.32 Å². The van der Waals surface area contributed by atoms with Crippen molar-refractivity contribution in [1.29, 1.82) is 0 Å². The van der Waals surface area contributed by atoms with Gasteiger partial charge in [-0.1, -0.05) is 24.8 Å². The highest BCUT2D eigenvalue weighted by atomic mass is 16.3. The molecule has 0 atom stereocenters. The summed E-state index contributed by atoms with van der Waals surface area (Å²) in [7, 11) is 1.90. The minimum absolute atomic E-state index is 0.309. The average Bonchev–Trinajstić information content (AvgIpc) is 2.15. The summed E-state index contributed by atoms with van der Waals surface area (Å²) in [6, 6.07) is 7.27. The Morgan fingerprint density at radius 1 is 1.46 bits per heavy atom. The average molecular weight is 177 g/mol. The van der Waals surface area contributed by atoms with E-state index in [4.69, 9.17) is 0 Å². The molecular formula is C11H15NO. The smallest absolute Gasteiger partial charge is 0.123 e. The van der Waals surface area contributed by atoms with Crippen molar-refractivity contribution >= 4 is 5.57 Å². The zero-order valence-corrected chi connectivity index (χ0v) is 7.88. The largest absolute Gasteiger partial charge is 0.507 e. The standard InChI is InChI=1S/C11H15NO/c1-9(7-8-12-2)10-5-3-4-6-11(10)13/h3-6,12-13H,1,7-8H2,2H3. The number of hydrogen-bond donors (Lipinski definition) is 2. The molecule has 0 amide bonds. The van der Waals surface area contributed by atoms with E-state index in [0.29, 0.717) is 5.75 Å². The van der Waals surface area contributed by atoms with Crippen molar-refractivity contribution in [3.63, 3.8) is 0 Å². The molecule has 0 saturated carbocycles. The number of phenolic OH excluding ortho intramolecular Hbond substituents is 1. The summed E-state index contributed by atoms with van der Waals surface area (Å²) in [5.74, 6) is 0.309. The van der Waals surface area contributed by atoms with Crippen LogP contribution in [0.3, 0.4) is 0 Å². The number of hydrogen-bond acceptors (Lipinski definition) is 2. The lowest BCUT2D eigenvalue weighted by Crippen LogP contribution is -2.07. The molecule has 70 valence electrons. The van der Waals surface area contributed by atoms with Crippen LogP contribution in [0.1, 0.15) is 12.0 Å². The summed E-state index contributed by atoms with van der Waals surface area (Å²) in [6.45, 7) is 4.81. The van der Waals surface area contributed by atoms with Crippen molar-refractivity contribution in [2.45, 2.75) is 6.42 Å². The highest BCUT2D eigenvalue weighted by Gasteiger charge is 2.02. The van der Waals surface area contributed by atoms with Crippen molar-refractivity contribution in [1.82, 2.24) is 5.32 Å². The molecule has 13 heavy (non-hydrogen) atoms. The normalized spacial score (nSPS) is 9.92. The Labute approximate surface area is 78.9 Å². The molecule has 0 heterocycles. The van der Waals surface area contributed by atoms with Gasteiger partial charge in [0.1, 0.15) is 5.75 Å². The van der Waals surface area contributed by atoms with Crippen LogP contribution in [0.25, 0.3) is 5.57 Å². The first-order valence-electron chi connectivity index (χ1n) is 4.36. The molecule has 1 aromatic carbocycles. The monoisotopic (exact) mass is 177 g/mol. The van der Waals surface area contributed by atoms with Gasteiger partial charge in [-0.2, -0.15) is 0 Å². The van der Waals surface area contributed by atoms with Gasteiger partial charge in [-0.25, -0.2) is 0 Å².